The lowest BCUT2D eigenvalue weighted by atomic mass is 10.1. The quantitative estimate of drug-likeness (QED) is 0.324. The maximum atomic E-state index is 13.1. The predicted molar refractivity (Wildman–Crippen MR) is 138 cm³/mol. The number of carboxylic acid groups (broad SMARTS) is 1. The molecule has 174 valence electrons. The second-order valence-corrected chi connectivity index (χ2v) is 9.24. The van der Waals surface area contributed by atoms with Crippen LogP contribution >= 0.6 is 27.7 Å². The van der Waals surface area contributed by atoms with Gasteiger partial charge in [-0.15, -0.1) is 0 Å². The van der Waals surface area contributed by atoms with Gasteiger partial charge in [-0.05, 0) is 41.5 Å². The van der Waals surface area contributed by atoms with Crippen molar-refractivity contribution in [1.82, 2.24) is 10.6 Å². The number of benzene rings is 3. The number of nitrogens with one attached hydrogen (secondary N) is 2. The zero-order chi connectivity index (χ0) is 24.3. The number of thioether (sulfide) groups is 1. The van der Waals surface area contributed by atoms with Crippen LogP contribution in [0.1, 0.15) is 21.5 Å². The largest absolute Gasteiger partial charge is 0.480 e. The van der Waals surface area contributed by atoms with Crippen molar-refractivity contribution >= 4 is 51.6 Å². The van der Waals surface area contributed by atoms with Gasteiger partial charge in [0.2, 0.25) is 0 Å². The van der Waals surface area contributed by atoms with Crippen LogP contribution in [0, 0.1) is 0 Å². The molecule has 8 heteroatoms. The van der Waals surface area contributed by atoms with Gasteiger partial charge in [-0.1, -0.05) is 76.6 Å². The van der Waals surface area contributed by atoms with Crippen molar-refractivity contribution in [2.45, 2.75) is 11.8 Å². The summed E-state index contributed by atoms with van der Waals surface area (Å²) in [7, 11) is 0. The van der Waals surface area contributed by atoms with E-state index in [0.717, 1.165) is 10.0 Å². The van der Waals surface area contributed by atoms with Gasteiger partial charge in [0.25, 0.3) is 11.8 Å². The van der Waals surface area contributed by atoms with E-state index in [1.165, 1.54) is 17.8 Å². The molecule has 0 bridgehead atoms. The van der Waals surface area contributed by atoms with Crippen LogP contribution in [0.25, 0.3) is 6.08 Å². The summed E-state index contributed by atoms with van der Waals surface area (Å²) in [5, 5.41) is 14.8. The molecule has 1 atom stereocenters. The molecule has 0 aliphatic carbocycles. The summed E-state index contributed by atoms with van der Waals surface area (Å²) < 4.78 is 0.866. The van der Waals surface area contributed by atoms with E-state index >= 15 is 0 Å². The van der Waals surface area contributed by atoms with E-state index in [2.05, 4.69) is 26.6 Å². The molecule has 34 heavy (non-hydrogen) atoms. The molecule has 0 aliphatic heterocycles. The molecule has 6 nitrogen and oxygen atoms in total. The third kappa shape index (κ3) is 7.90. The Bertz CT molecular complexity index is 1150. The highest BCUT2D eigenvalue weighted by molar-refractivity contribution is 9.10. The Morgan fingerprint density at radius 2 is 1.53 bits per heavy atom. The van der Waals surface area contributed by atoms with Crippen molar-refractivity contribution in [3.63, 3.8) is 0 Å². The maximum Gasteiger partial charge on any atom is 0.327 e. The van der Waals surface area contributed by atoms with Gasteiger partial charge in [-0.25, -0.2) is 4.79 Å². The van der Waals surface area contributed by atoms with Crippen LogP contribution < -0.4 is 10.6 Å². The Morgan fingerprint density at radius 3 is 2.15 bits per heavy atom. The minimum atomic E-state index is -1.15. The average Bonchev–Trinajstić information content (AvgIpc) is 2.85. The number of rotatable bonds is 10. The summed E-state index contributed by atoms with van der Waals surface area (Å²) in [4.78, 5) is 37.5. The summed E-state index contributed by atoms with van der Waals surface area (Å²) in [6.07, 6.45) is 1.51. The van der Waals surface area contributed by atoms with E-state index in [1.54, 1.807) is 54.6 Å². The number of amides is 2. The van der Waals surface area contributed by atoms with Crippen LogP contribution in [-0.2, 0) is 15.3 Å². The molecule has 3 aromatic rings. The Kier molecular flexibility index (Phi) is 9.49. The average molecular weight is 539 g/mol. The highest BCUT2D eigenvalue weighted by Gasteiger charge is 2.23. The fourth-order valence-corrected chi connectivity index (χ4v) is 4.22. The number of aliphatic carboxylic acids is 1. The third-order valence-electron chi connectivity index (χ3n) is 4.71. The lowest BCUT2D eigenvalue weighted by Gasteiger charge is -2.17. The lowest BCUT2D eigenvalue weighted by Crippen LogP contribution is -2.45. The molecule has 0 saturated carbocycles. The van der Waals surface area contributed by atoms with Gasteiger partial charge in [0, 0.05) is 21.5 Å². The van der Waals surface area contributed by atoms with Crippen molar-refractivity contribution in [2.75, 3.05) is 5.75 Å². The number of carboxylic acids is 1. The number of hydrogen-bond acceptors (Lipinski definition) is 4. The van der Waals surface area contributed by atoms with Crippen LogP contribution in [0.3, 0.4) is 0 Å². The molecule has 0 aliphatic rings. The van der Waals surface area contributed by atoms with Gasteiger partial charge in [-0.3, -0.25) is 9.59 Å². The van der Waals surface area contributed by atoms with E-state index in [1.807, 2.05) is 30.3 Å². The van der Waals surface area contributed by atoms with Crippen molar-refractivity contribution in [3.8, 4) is 0 Å². The summed E-state index contributed by atoms with van der Waals surface area (Å²) in [6, 6.07) is 24.2. The van der Waals surface area contributed by atoms with Crippen molar-refractivity contribution in [3.05, 3.63) is 112 Å². The molecule has 0 aromatic heterocycles. The van der Waals surface area contributed by atoms with Gasteiger partial charge >= 0.3 is 5.97 Å². The molecule has 0 saturated heterocycles. The third-order valence-corrected chi connectivity index (χ3v) is 6.34. The lowest BCUT2D eigenvalue weighted by molar-refractivity contribution is -0.140. The summed E-state index contributed by atoms with van der Waals surface area (Å²) >= 11 is 4.77. The van der Waals surface area contributed by atoms with Gasteiger partial charge in [-0.2, -0.15) is 11.8 Å². The molecular weight excluding hydrogens is 516 g/mol. The molecule has 0 spiro atoms. The molecule has 3 rings (SSSR count). The number of hydrogen-bond donors (Lipinski definition) is 3. The van der Waals surface area contributed by atoms with E-state index < -0.39 is 23.8 Å². The number of carbonyl (C=O) groups excluding carboxylic acids is 2. The predicted octanol–water partition coefficient (Wildman–Crippen LogP) is 4.72. The zero-order valence-corrected chi connectivity index (χ0v) is 20.5. The zero-order valence-electron chi connectivity index (χ0n) is 18.1. The monoisotopic (exact) mass is 538 g/mol. The van der Waals surface area contributed by atoms with Crippen LogP contribution in [0.4, 0.5) is 0 Å². The Morgan fingerprint density at radius 1 is 0.912 bits per heavy atom. The van der Waals surface area contributed by atoms with Gasteiger partial charge in [0.05, 0.1) is 0 Å². The summed E-state index contributed by atoms with van der Waals surface area (Å²) in [5.41, 5.74) is 2.07. The summed E-state index contributed by atoms with van der Waals surface area (Å²) in [5.74, 6) is -1.50. The van der Waals surface area contributed by atoms with Crippen LogP contribution in [-0.4, -0.2) is 34.7 Å². The fourth-order valence-electron chi connectivity index (χ4n) is 2.95. The highest BCUT2D eigenvalue weighted by Crippen LogP contribution is 2.15. The van der Waals surface area contributed by atoms with Gasteiger partial charge in [0.1, 0.15) is 11.7 Å². The molecule has 2 amide bonds. The fraction of sp³-hybridized carbons (Fsp3) is 0.115. The van der Waals surface area contributed by atoms with E-state index in [-0.39, 0.29) is 11.4 Å². The van der Waals surface area contributed by atoms with Crippen molar-refractivity contribution in [1.29, 1.82) is 0 Å². The SMILES string of the molecule is O=C(NC(CSCc1ccccc1)C(=O)O)/C(=C\c1ccc(Br)cc1)NC(=O)c1ccccc1. The maximum absolute atomic E-state index is 13.1. The van der Waals surface area contributed by atoms with E-state index in [4.69, 9.17) is 0 Å². The molecule has 0 radical (unpaired) electrons. The topological polar surface area (TPSA) is 95.5 Å². The smallest absolute Gasteiger partial charge is 0.327 e. The number of halogens is 1. The summed E-state index contributed by atoms with van der Waals surface area (Å²) in [6.45, 7) is 0. The first-order valence-corrected chi connectivity index (χ1v) is 12.4. The first-order valence-electron chi connectivity index (χ1n) is 10.4. The van der Waals surface area contributed by atoms with Crippen LogP contribution in [0.2, 0.25) is 0 Å². The minimum Gasteiger partial charge on any atom is -0.480 e. The second-order valence-electron chi connectivity index (χ2n) is 7.29. The van der Waals surface area contributed by atoms with E-state index in [0.29, 0.717) is 16.9 Å². The molecule has 3 N–H and O–H groups in total. The Balaban J connectivity index is 1.74. The molecular formula is C26H23BrN2O4S. The Hall–Kier alpha value is -3.36. The van der Waals surface area contributed by atoms with Gasteiger partial charge in [0.15, 0.2) is 0 Å². The highest BCUT2D eigenvalue weighted by atomic mass is 79.9. The molecule has 0 heterocycles. The van der Waals surface area contributed by atoms with Gasteiger partial charge < -0.3 is 15.7 Å². The normalized spacial score (nSPS) is 12.0. The van der Waals surface area contributed by atoms with Crippen LogP contribution in [0.5, 0.6) is 0 Å². The van der Waals surface area contributed by atoms with Crippen LogP contribution in [0.15, 0.2) is 95.1 Å². The minimum absolute atomic E-state index is 0.0458. The molecule has 0 fully saturated rings. The Labute approximate surface area is 210 Å². The van der Waals surface area contributed by atoms with Crippen molar-refractivity contribution in [2.24, 2.45) is 0 Å². The second kappa shape index (κ2) is 12.8. The molecule has 3 aromatic carbocycles. The standard InChI is InChI=1S/C26H23BrN2O4S/c27-21-13-11-18(12-14-21)15-22(28-24(30)20-9-5-2-6-10-20)25(31)29-23(26(32)33)17-34-16-19-7-3-1-4-8-19/h1-15,23H,16-17H2,(H,28,30)(H,29,31)(H,32,33)/b22-15+. The first-order chi connectivity index (χ1) is 16.4. The first kappa shape index (κ1) is 25.3. The van der Waals surface area contributed by atoms with Crippen molar-refractivity contribution < 1.29 is 19.5 Å². The molecule has 1 unspecified atom stereocenters. The number of carbonyl (C=O) groups is 3. The van der Waals surface area contributed by atoms with E-state index in [9.17, 15) is 19.5 Å².